The van der Waals surface area contributed by atoms with Crippen molar-refractivity contribution in [2.45, 2.75) is 71.4 Å². The Morgan fingerprint density at radius 2 is 1.97 bits per heavy atom. The number of hydrogen-bond acceptors (Lipinski definition) is 8. The summed E-state index contributed by atoms with van der Waals surface area (Å²) in [6.07, 6.45) is 1.48. The molecule has 0 aromatic rings. The summed E-state index contributed by atoms with van der Waals surface area (Å²) in [7, 11) is 0. The molecule has 1 N–H and O–H groups in total. The third-order valence-electron chi connectivity index (χ3n) is 5.20. The lowest BCUT2D eigenvalue weighted by Crippen LogP contribution is -2.48. The molecule has 1 aliphatic carbocycles. The number of aldehydes is 1. The highest BCUT2D eigenvalue weighted by atomic mass is 16.6. The highest BCUT2D eigenvalue weighted by molar-refractivity contribution is 5.91. The highest BCUT2D eigenvalue weighted by Gasteiger charge is 2.50. The van der Waals surface area contributed by atoms with Gasteiger partial charge in [0.15, 0.2) is 17.8 Å². The summed E-state index contributed by atoms with van der Waals surface area (Å²) in [6.45, 7) is 11.4. The van der Waals surface area contributed by atoms with Crippen LogP contribution in [0.15, 0.2) is 35.5 Å². The van der Waals surface area contributed by atoms with Crippen molar-refractivity contribution in [1.82, 2.24) is 0 Å². The maximum Gasteiger partial charge on any atom is 0.338 e. The zero-order valence-electron chi connectivity index (χ0n) is 18.5. The van der Waals surface area contributed by atoms with Gasteiger partial charge >= 0.3 is 17.9 Å². The molecule has 0 aromatic heterocycles. The van der Waals surface area contributed by atoms with E-state index in [0.717, 1.165) is 5.57 Å². The van der Waals surface area contributed by atoms with Crippen LogP contribution in [0.4, 0.5) is 0 Å². The third kappa shape index (κ3) is 5.70. The van der Waals surface area contributed by atoms with E-state index in [9.17, 15) is 24.3 Å². The molecule has 31 heavy (non-hydrogen) atoms. The molecule has 4 unspecified atom stereocenters. The van der Waals surface area contributed by atoms with Crippen LogP contribution in [0.1, 0.15) is 47.5 Å². The summed E-state index contributed by atoms with van der Waals surface area (Å²) < 4.78 is 16.6. The van der Waals surface area contributed by atoms with Crippen molar-refractivity contribution in [1.29, 1.82) is 0 Å². The molecule has 1 aliphatic heterocycles. The van der Waals surface area contributed by atoms with Gasteiger partial charge in [0.1, 0.15) is 12.4 Å². The van der Waals surface area contributed by atoms with Crippen LogP contribution in [-0.4, -0.2) is 53.2 Å². The van der Waals surface area contributed by atoms with Crippen LogP contribution in [0, 0.1) is 11.8 Å². The largest absolute Gasteiger partial charge is 0.457 e. The van der Waals surface area contributed by atoms with Crippen LogP contribution >= 0.6 is 0 Å². The summed E-state index contributed by atoms with van der Waals surface area (Å²) in [6, 6.07) is 0. The van der Waals surface area contributed by atoms with Gasteiger partial charge in [-0.25, -0.2) is 9.59 Å². The third-order valence-corrected chi connectivity index (χ3v) is 5.20. The molecule has 1 heterocycles. The molecule has 0 aromatic carbocycles. The van der Waals surface area contributed by atoms with Crippen molar-refractivity contribution in [2.75, 3.05) is 0 Å². The van der Waals surface area contributed by atoms with E-state index in [1.54, 1.807) is 26.0 Å². The van der Waals surface area contributed by atoms with E-state index >= 15 is 0 Å². The molecule has 1 fully saturated rings. The summed E-state index contributed by atoms with van der Waals surface area (Å²) in [4.78, 5) is 49.3. The molecule has 170 valence electrons. The SMILES string of the molecule is C=C1C(=O)OC2C=C(C)CCC=C(C=O)C(OC(=O)C(C)(C)O)C(OC(=O)C(C)C)C12. The summed E-state index contributed by atoms with van der Waals surface area (Å²) in [5.74, 6) is -3.68. The fraction of sp³-hybridized carbons (Fsp3) is 0.565. The van der Waals surface area contributed by atoms with E-state index in [-0.39, 0.29) is 11.1 Å². The Bertz CT molecular complexity index is 827. The van der Waals surface area contributed by atoms with E-state index in [1.165, 1.54) is 13.8 Å². The first-order chi connectivity index (χ1) is 14.4. The van der Waals surface area contributed by atoms with Crippen molar-refractivity contribution in [3.63, 3.8) is 0 Å². The van der Waals surface area contributed by atoms with Crippen LogP contribution in [0.25, 0.3) is 0 Å². The van der Waals surface area contributed by atoms with Gasteiger partial charge in [-0.05, 0) is 39.7 Å². The standard InChI is InChI=1S/C23H30O8/c1-12(2)20(25)30-19-17-14(4)21(26)29-16(17)10-13(3)8-7-9-15(11-24)18(19)31-22(27)23(5,6)28/h9-12,16-19,28H,4,7-8H2,1-3,5-6H3. The van der Waals surface area contributed by atoms with Gasteiger partial charge in [0.2, 0.25) is 0 Å². The maximum absolute atomic E-state index is 12.5. The zero-order valence-corrected chi connectivity index (χ0v) is 18.5. The lowest BCUT2D eigenvalue weighted by molar-refractivity contribution is -0.181. The minimum Gasteiger partial charge on any atom is -0.457 e. The number of carbonyl (C=O) groups is 4. The Morgan fingerprint density at radius 3 is 2.52 bits per heavy atom. The van der Waals surface area contributed by atoms with Crippen LogP contribution in [-0.2, 0) is 33.4 Å². The molecule has 1 saturated heterocycles. The summed E-state index contributed by atoms with van der Waals surface area (Å²) >= 11 is 0. The monoisotopic (exact) mass is 434 g/mol. The first-order valence-corrected chi connectivity index (χ1v) is 10.2. The number of hydrogen-bond donors (Lipinski definition) is 1. The molecule has 0 spiro atoms. The molecule has 0 amide bonds. The van der Waals surface area contributed by atoms with Gasteiger partial charge in [-0.2, -0.15) is 0 Å². The van der Waals surface area contributed by atoms with Crippen molar-refractivity contribution in [3.05, 3.63) is 35.5 Å². The van der Waals surface area contributed by atoms with Gasteiger partial charge in [0, 0.05) is 11.1 Å². The smallest absolute Gasteiger partial charge is 0.338 e. The van der Waals surface area contributed by atoms with Crippen molar-refractivity contribution >= 4 is 24.2 Å². The number of fused-ring (bicyclic) bond motifs is 1. The van der Waals surface area contributed by atoms with E-state index in [4.69, 9.17) is 14.2 Å². The second-order valence-electron chi connectivity index (χ2n) is 8.74. The van der Waals surface area contributed by atoms with Crippen LogP contribution < -0.4 is 0 Å². The molecule has 0 radical (unpaired) electrons. The van der Waals surface area contributed by atoms with Crippen LogP contribution in [0.3, 0.4) is 0 Å². The lowest BCUT2D eigenvalue weighted by atomic mass is 9.83. The van der Waals surface area contributed by atoms with Gasteiger partial charge in [0.05, 0.1) is 11.8 Å². The Hall–Kier alpha value is -2.74. The molecule has 2 aliphatic rings. The maximum atomic E-state index is 12.5. The molecule has 0 saturated carbocycles. The summed E-state index contributed by atoms with van der Waals surface area (Å²) in [5.41, 5.74) is -0.824. The number of allylic oxidation sites excluding steroid dienone is 2. The predicted octanol–water partition coefficient (Wildman–Crippen LogP) is 2.20. The summed E-state index contributed by atoms with van der Waals surface area (Å²) in [5, 5.41) is 10.1. The first kappa shape index (κ1) is 24.5. The van der Waals surface area contributed by atoms with E-state index in [0.29, 0.717) is 19.1 Å². The molecule has 0 bridgehead atoms. The first-order valence-electron chi connectivity index (χ1n) is 10.2. The Labute approximate surface area is 181 Å². The molecule has 8 heteroatoms. The quantitative estimate of drug-likeness (QED) is 0.230. The second-order valence-corrected chi connectivity index (χ2v) is 8.74. The normalized spacial score (nSPS) is 26.9. The van der Waals surface area contributed by atoms with Crippen molar-refractivity contribution < 1.29 is 38.5 Å². The number of rotatable bonds is 5. The van der Waals surface area contributed by atoms with Crippen LogP contribution in [0.5, 0.6) is 0 Å². The minimum atomic E-state index is -1.86. The van der Waals surface area contributed by atoms with Crippen molar-refractivity contribution in [3.8, 4) is 0 Å². The fourth-order valence-electron chi connectivity index (χ4n) is 3.37. The second kappa shape index (κ2) is 9.60. The predicted molar refractivity (Wildman–Crippen MR) is 111 cm³/mol. The number of carbonyl (C=O) groups excluding carboxylic acids is 4. The Kier molecular flexibility index (Phi) is 7.59. The van der Waals surface area contributed by atoms with E-state index in [1.807, 2.05) is 6.92 Å². The topological polar surface area (TPSA) is 116 Å². The molecule has 4 atom stereocenters. The van der Waals surface area contributed by atoms with Gasteiger partial charge in [0.25, 0.3) is 0 Å². The average Bonchev–Trinajstić information content (AvgIpc) is 2.93. The van der Waals surface area contributed by atoms with Gasteiger partial charge in [-0.3, -0.25) is 9.59 Å². The van der Waals surface area contributed by atoms with E-state index in [2.05, 4.69) is 6.58 Å². The lowest BCUT2D eigenvalue weighted by Gasteiger charge is -2.34. The van der Waals surface area contributed by atoms with E-state index < -0.39 is 53.7 Å². The minimum absolute atomic E-state index is 0.0470. The Balaban J connectivity index is 2.65. The number of esters is 3. The fourth-order valence-corrected chi connectivity index (χ4v) is 3.37. The van der Waals surface area contributed by atoms with Crippen LogP contribution in [0.2, 0.25) is 0 Å². The number of ether oxygens (including phenoxy) is 3. The van der Waals surface area contributed by atoms with Gasteiger partial charge in [-0.15, -0.1) is 0 Å². The molecule has 2 rings (SSSR count). The van der Waals surface area contributed by atoms with Gasteiger partial charge < -0.3 is 19.3 Å². The molecular weight excluding hydrogens is 404 g/mol. The molecule has 8 nitrogen and oxygen atoms in total. The zero-order chi connectivity index (χ0) is 23.5. The van der Waals surface area contributed by atoms with Gasteiger partial charge in [-0.1, -0.05) is 32.1 Å². The average molecular weight is 434 g/mol. The number of aliphatic hydroxyl groups is 1. The molecular formula is C23H30O8. The highest BCUT2D eigenvalue weighted by Crippen LogP contribution is 2.37. The van der Waals surface area contributed by atoms with Crippen molar-refractivity contribution in [2.24, 2.45) is 11.8 Å². The Morgan fingerprint density at radius 1 is 1.32 bits per heavy atom.